The SMILES string of the molecule is COc1ccc(C(O)C2=C(C)[C@H]3C[C@@H](C2=O)C3(C)C)cc1. The quantitative estimate of drug-likeness (QED) is 0.927. The van der Waals surface area contributed by atoms with Crippen LogP contribution in [0.5, 0.6) is 5.75 Å². The van der Waals surface area contributed by atoms with Crippen LogP contribution < -0.4 is 4.74 Å². The number of ketones is 1. The lowest BCUT2D eigenvalue weighted by Gasteiger charge is -2.56. The molecule has 0 aliphatic heterocycles. The minimum Gasteiger partial charge on any atom is -0.497 e. The maximum Gasteiger partial charge on any atom is 0.165 e. The number of hydrogen-bond acceptors (Lipinski definition) is 3. The van der Waals surface area contributed by atoms with Crippen LogP contribution in [-0.4, -0.2) is 18.0 Å². The van der Waals surface area contributed by atoms with Gasteiger partial charge in [0, 0.05) is 11.5 Å². The second-order valence-corrected chi connectivity index (χ2v) is 6.80. The molecule has 3 aliphatic carbocycles. The van der Waals surface area contributed by atoms with Crippen molar-refractivity contribution < 1.29 is 14.6 Å². The molecule has 0 amide bonds. The number of benzene rings is 1. The van der Waals surface area contributed by atoms with Crippen molar-refractivity contribution in [2.45, 2.75) is 33.3 Å². The van der Waals surface area contributed by atoms with E-state index in [1.165, 1.54) is 0 Å². The molecule has 0 radical (unpaired) electrons. The smallest absolute Gasteiger partial charge is 0.165 e. The minimum atomic E-state index is -0.829. The number of Topliss-reactive ketones (excluding diaryl/α,β-unsaturated/α-hetero) is 1. The Morgan fingerprint density at radius 1 is 1.24 bits per heavy atom. The van der Waals surface area contributed by atoms with E-state index >= 15 is 0 Å². The van der Waals surface area contributed by atoms with Crippen molar-refractivity contribution in [3.8, 4) is 5.75 Å². The van der Waals surface area contributed by atoms with Gasteiger partial charge in [-0.05, 0) is 42.4 Å². The zero-order valence-electron chi connectivity index (χ0n) is 13.0. The average Bonchev–Trinajstić information content (AvgIpc) is 2.45. The first-order chi connectivity index (χ1) is 9.87. The van der Waals surface area contributed by atoms with Gasteiger partial charge in [-0.25, -0.2) is 0 Å². The number of hydrogen-bond donors (Lipinski definition) is 1. The van der Waals surface area contributed by atoms with Gasteiger partial charge in [0.1, 0.15) is 11.9 Å². The summed E-state index contributed by atoms with van der Waals surface area (Å²) in [5.74, 6) is 1.36. The van der Waals surface area contributed by atoms with Crippen molar-refractivity contribution in [1.29, 1.82) is 0 Å². The molecule has 1 aromatic carbocycles. The number of carbonyl (C=O) groups is 1. The van der Waals surface area contributed by atoms with Gasteiger partial charge in [0.05, 0.1) is 7.11 Å². The van der Waals surface area contributed by atoms with Crippen LogP contribution in [0.2, 0.25) is 0 Å². The zero-order valence-corrected chi connectivity index (χ0v) is 13.0. The molecule has 1 N–H and O–H groups in total. The normalized spacial score (nSPS) is 28.1. The Morgan fingerprint density at radius 3 is 2.33 bits per heavy atom. The molecule has 0 aromatic heterocycles. The van der Waals surface area contributed by atoms with Crippen LogP contribution in [0, 0.1) is 17.3 Å². The third kappa shape index (κ3) is 1.95. The van der Waals surface area contributed by atoms with Gasteiger partial charge in [-0.1, -0.05) is 31.6 Å². The van der Waals surface area contributed by atoms with E-state index in [2.05, 4.69) is 13.8 Å². The Balaban J connectivity index is 1.96. The number of fused-ring (bicyclic) bond motifs is 1. The van der Waals surface area contributed by atoms with E-state index in [0.717, 1.165) is 23.3 Å². The number of aliphatic hydroxyl groups excluding tert-OH is 1. The molecule has 1 saturated carbocycles. The van der Waals surface area contributed by atoms with Crippen molar-refractivity contribution in [1.82, 2.24) is 0 Å². The highest BCUT2D eigenvalue weighted by molar-refractivity contribution is 6.02. The molecule has 0 saturated heterocycles. The van der Waals surface area contributed by atoms with Crippen LogP contribution in [0.25, 0.3) is 0 Å². The first kappa shape index (κ1) is 14.3. The Bertz CT molecular complexity index is 610. The third-order valence-corrected chi connectivity index (χ3v) is 5.50. The van der Waals surface area contributed by atoms with E-state index in [4.69, 9.17) is 4.74 Å². The van der Waals surface area contributed by atoms with Gasteiger partial charge >= 0.3 is 0 Å². The van der Waals surface area contributed by atoms with E-state index < -0.39 is 6.10 Å². The van der Waals surface area contributed by atoms with E-state index in [-0.39, 0.29) is 17.1 Å². The fourth-order valence-electron chi connectivity index (χ4n) is 3.98. The summed E-state index contributed by atoms with van der Waals surface area (Å²) in [7, 11) is 1.61. The molecule has 3 heteroatoms. The van der Waals surface area contributed by atoms with Crippen LogP contribution in [0.3, 0.4) is 0 Å². The molecule has 4 rings (SSSR count). The molecular formula is C18H22O3. The lowest BCUT2D eigenvalue weighted by atomic mass is 9.46. The highest BCUT2D eigenvalue weighted by atomic mass is 16.5. The van der Waals surface area contributed by atoms with E-state index in [9.17, 15) is 9.90 Å². The Labute approximate surface area is 125 Å². The maximum absolute atomic E-state index is 12.7. The molecule has 112 valence electrons. The summed E-state index contributed by atoms with van der Waals surface area (Å²) in [6.07, 6.45) is 0.112. The van der Waals surface area contributed by atoms with Crippen molar-refractivity contribution in [3.05, 3.63) is 41.0 Å². The summed E-state index contributed by atoms with van der Waals surface area (Å²) in [5, 5.41) is 10.6. The van der Waals surface area contributed by atoms with Crippen LogP contribution in [0.1, 0.15) is 38.9 Å². The van der Waals surface area contributed by atoms with Crippen molar-refractivity contribution in [2.75, 3.05) is 7.11 Å². The number of carbonyl (C=O) groups excluding carboxylic acids is 1. The fraction of sp³-hybridized carbons (Fsp3) is 0.500. The van der Waals surface area contributed by atoms with Gasteiger partial charge in [-0.15, -0.1) is 0 Å². The molecule has 21 heavy (non-hydrogen) atoms. The number of rotatable bonds is 3. The zero-order chi connectivity index (χ0) is 15.4. The number of aliphatic hydroxyl groups is 1. The van der Waals surface area contributed by atoms with Gasteiger partial charge in [-0.2, -0.15) is 0 Å². The second kappa shape index (κ2) is 4.70. The highest BCUT2D eigenvalue weighted by Gasteiger charge is 2.57. The first-order valence-electron chi connectivity index (χ1n) is 7.44. The van der Waals surface area contributed by atoms with Crippen molar-refractivity contribution >= 4 is 5.78 Å². The molecular weight excluding hydrogens is 264 g/mol. The Kier molecular flexibility index (Phi) is 3.21. The Morgan fingerprint density at radius 2 is 1.86 bits per heavy atom. The van der Waals surface area contributed by atoms with Gasteiger partial charge < -0.3 is 9.84 Å². The highest BCUT2D eigenvalue weighted by Crippen LogP contribution is 2.60. The second-order valence-electron chi connectivity index (χ2n) is 6.80. The van der Waals surface area contributed by atoms with Gasteiger partial charge in [0.15, 0.2) is 5.78 Å². The molecule has 1 aromatic rings. The predicted molar refractivity (Wildman–Crippen MR) is 81.0 cm³/mol. The fourth-order valence-corrected chi connectivity index (χ4v) is 3.98. The Hall–Kier alpha value is -1.61. The summed E-state index contributed by atoms with van der Waals surface area (Å²) in [6, 6.07) is 7.27. The summed E-state index contributed by atoms with van der Waals surface area (Å²) in [5.41, 5.74) is 2.47. The molecule has 1 fully saturated rings. The van der Waals surface area contributed by atoms with Crippen LogP contribution in [0.15, 0.2) is 35.4 Å². The maximum atomic E-state index is 12.7. The average molecular weight is 286 g/mol. The van der Waals surface area contributed by atoms with Crippen molar-refractivity contribution in [3.63, 3.8) is 0 Å². The van der Waals surface area contributed by atoms with E-state index in [1.807, 2.05) is 31.2 Å². The third-order valence-electron chi connectivity index (χ3n) is 5.50. The largest absolute Gasteiger partial charge is 0.497 e. The molecule has 0 spiro atoms. The molecule has 3 aliphatic rings. The summed E-state index contributed by atoms with van der Waals surface area (Å²) in [6.45, 7) is 6.31. The van der Waals surface area contributed by atoms with Gasteiger partial charge in [0.2, 0.25) is 0 Å². The lowest BCUT2D eigenvalue weighted by molar-refractivity contribution is -0.137. The lowest BCUT2D eigenvalue weighted by Crippen LogP contribution is -2.54. The van der Waals surface area contributed by atoms with Gasteiger partial charge in [-0.3, -0.25) is 4.79 Å². The van der Waals surface area contributed by atoms with Crippen molar-refractivity contribution in [2.24, 2.45) is 17.3 Å². The molecule has 1 unspecified atom stereocenters. The van der Waals surface area contributed by atoms with Crippen LogP contribution in [-0.2, 0) is 4.79 Å². The standard InChI is InChI=1S/C18H22O3/c1-10-13-9-14(18(13,2)3)17(20)15(10)16(19)11-5-7-12(21-4)8-6-11/h5-8,13-14,16,19H,9H2,1-4H3/t13-,14+,16?/m1/s1. The number of allylic oxidation sites excluding steroid dienone is 1. The predicted octanol–water partition coefficient (Wildman–Crippen LogP) is 3.29. The minimum absolute atomic E-state index is 0.0459. The van der Waals surface area contributed by atoms with Crippen LogP contribution >= 0.6 is 0 Å². The summed E-state index contributed by atoms with van der Waals surface area (Å²) < 4.78 is 5.13. The number of ether oxygens (including phenoxy) is 1. The molecule has 0 heterocycles. The van der Waals surface area contributed by atoms with Crippen LogP contribution in [0.4, 0.5) is 0 Å². The summed E-state index contributed by atoms with van der Waals surface area (Å²) >= 11 is 0. The molecule has 2 bridgehead atoms. The monoisotopic (exact) mass is 286 g/mol. The van der Waals surface area contributed by atoms with E-state index in [0.29, 0.717) is 11.5 Å². The van der Waals surface area contributed by atoms with E-state index in [1.54, 1.807) is 7.11 Å². The van der Waals surface area contributed by atoms with Gasteiger partial charge in [0.25, 0.3) is 0 Å². The first-order valence-corrected chi connectivity index (χ1v) is 7.44. The molecule has 3 atom stereocenters. The number of methoxy groups -OCH3 is 1. The topological polar surface area (TPSA) is 46.5 Å². The molecule has 3 nitrogen and oxygen atoms in total. The summed E-state index contributed by atoms with van der Waals surface area (Å²) in [4.78, 5) is 12.7.